The largest absolute Gasteiger partial charge is 0.497 e. The summed E-state index contributed by atoms with van der Waals surface area (Å²) in [5.74, 6) is 1.36. The number of nitrogens with one attached hydrogen (secondary N) is 2. The standard InChI is InChI=1S/C20H21N5O2/c1-27-17-10-6-15(7-11-17)20(12-2-3-13-20)19(26)21-16-8-4-14(5-9-16)18-22-24-25-23-18/h4-11H,2-3,12-13H2,1H3,(H,21,26)(H,22,23,24,25). The van der Waals surface area contributed by atoms with Gasteiger partial charge < -0.3 is 10.1 Å². The van der Waals surface area contributed by atoms with Crippen molar-refractivity contribution in [1.82, 2.24) is 20.6 Å². The average Bonchev–Trinajstić information content (AvgIpc) is 3.41. The number of methoxy groups -OCH3 is 1. The van der Waals surface area contributed by atoms with E-state index in [4.69, 9.17) is 4.74 Å². The minimum atomic E-state index is -0.487. The van der Waals surface area contributed by atoms with Gasteiger partial charge in [-0.1, -0.05) is 25.0 Å². The Labute approximate surface area is 157 Å². The van der Waals surface area contributed by atoms with E-state index in [0.29, 0.717) is 5.82 Å². The number of tetrazole rings is 1. The molecule has 1 aromatic heterocycles. The highest BCUT2D eigenvalue weighted by atomic mass is 16.5. The zero-order valence-corrected chi connectivity index (χ0v) is 15.1. The maximum absolute atomic E-state index is 13.2. The number of amides is 1. The van der Waals surface area contributed by atoms with Gasteiger partial charge in [0.25, 0.3) is 0 Å². The smallest absolute Gasteiger partial charge is 0.235 e. The van der Waals surface area contributed by atoms with E-state index in [2.05, 4.69) is 25.9 Å². The fourth-order valence-corrected chi connectivity index (χ4v) is 3.77. The Morgan fingerprint density at radius 3 is 2.37 bits per heavy atom. The Balaban J connectivity index is 1.55. The molecule has 2 aromatic carbocycles. The highest BCUT2D eigenvalue weighted by Crippen LogP contribution is 2.42. The molecule has 0 bridgehead atoms. The molecule has 1 aliphatic rings. The van der Waals surface area contributed by atoms with Crippen LogP contribution < -0.4 is 10.1 Å². The first kappa shape index (κ1) is 17.2. The van der Waals surface area contributed by atoms with Crippen LogP contribution in [0.25, 0.3) is 11.4 Å². The van der Waals surface area contributed by atoms with Crippen molar-refractivity contribution in [3.05, 3.63) is 54.1 Å². The molecule has 7 heteroatoms. The van der Waals surface area contributed by atoms with Gasteiger partial charge in [-0.3, -0.25) is 4.79 Å². The summed E-state index contributed by atoms with van der Waals surface area (Å²) in [6.45, 7) is 0. The van der Waals surface area contributed by atoms with Crippen molar-refractivity contribution >= 4 is 11.6 Å². The van der Waals surface area contributed by atoms with E-state index >= 15 is 0 Å². The monoisotopic (exact) mass is 363 g/mol. The summed E-state index contributed by atoms with van der Waals surface area (Å²) in [5, 5.41) is 17.0. The molecule has 0 saturated heterocycles. The molecule has 0 radical (unpaired) electrons. The van der Waals surface area contributed by atoms with E-state index in [-0.39, 0.29) is 5.91 Å². The second kappa shape index (κ2) is 7.19. The van der Waals surface area contributed by atoms with Crippen LogP contribution in [0.3, 0.4) is 0 Å². The van der Waals surface area contributed by atoms with Crippen molar-refractivity contribution < 1.29 is 9.53 Å². The van der Waals surface area contributed by atoms with Crippen molar-refractivity contribution in [3.63, 3.8) is 0 Å². The second-order valence-electron chi connectivity index (χ2n) is 6.78. The molecule has 1 heterocycles. The number of anilines is 1. The van der Waals surface area contributed by atoms with Crippen molar-refractivity contribution in [2.75, 3.05) is 12.4 Å². The van der Waals surface area contributed by atoms with Gasteiger partial charge in [-0.25, -0.2) is 0 Å². The van der Waals surface area contributed by atoms with E-state index < -0.39 is 5.41 Å². The van der Waals surface area contributed by atoms with E-state index in [1.165, 1.54) is 0 Å². The van der Waals surface area contributed by atoms with Crippen molar-refractivity contribution in [2.24, 2.45) is 0 Å². The SMILES string of the molecule is COc1ccc(C2(C(=O)Nc3ccc(-c4nn[nH]n4)cc3)CCCC2)cc1. The molecule has 0 spiro atoms. The molecule has 27 heavy (non-hydrogen) atoms. The van der Waals surface area contributed by atoms with Crippen LogP contribution in [-0.4, -0.2) is 33.6 Å². The molecule has 1 saturated carbocycles. The van der Waals surface area contributed by atoms with Gasteiger partial charge in [-0.15, -0.1) is 10.2 Å². The molecule has 1 fully saturated rings. The van der Waals surface area contributed by atoms with E-state index in [1.807, 2.05) is 48.5 Å². The maximum Gasteiger partial charge on any atom is 0.235 e. The number of carbonyl (C=O) groups is 1. The summed E-state index contributed by atoms with van der Waals surface area (Å²) >= 11 is 0. The minimum Gasteiger partial charge on any atom is -0.497 e. The lowest BCUT2D eigenvalue weighted by Gasteiger charge is -2.28. The number of aromatic amines is 1. The van der Waals surface area contributed by atoms with Gasteiger partial charge in [0.1, 0.15) is 5.75 Å². The van der Waals surface area contributed by atoms with E-state index in [1.54, 1.807) is 7.11 Å². The quantitative estimate of drug-likeness (QED) is 0.725. The molecule has 138 valence electrons. The molecule has 0 atom stereocenters. The molecule has 0 unspecified atom stereocenters. The summed E-state index contributed by atoms with van der Waals surface area (Å²) in [6.07, 6.45) is 3.81. The normalized spacial score (nSPS) is 15.4. The molecule has 2 N–H and O–H groups in total. The Kier molecular flexibility index (Phi) is 4.58. The molecule has 7 nitrogen and oxygen atoms in total. The van der Waals surface area contributed by atoms with Gasteiger partial charge in [0.15, 0.2) is 0 Å². The predicted molar refractivity (Wildman–Crippen MR) is 101 cm³/mol. The summed E-state index contributed by atoms with van der Waals surface area (Å²) in [5.41, 5.74) is 2.15. The van der Waals surface area contributed by atoms with Crippen LogP contribution in [0, 0.1) is 0 Å². The van der Waals surface area contributed by atoms with Crippen LogP contribution in [0.5, 0.6) is 5.75 Å². The first-order valence-electron chi connectivity index (χ1n) is 9.01. The van der Waals surface area contributed by atoms with Crippen LogP contribution >= 0.6 is 0 Å². The number of hydrogen-bond acceptors (Lipinski definition) is 5. The minimum absolute atomic E-state index is 0.0393. The molecular formula is C20H21N5O2. The summed E-state index contributed by atoms with van der Waals surface area (Å²) in [4.78, 5) is 13.2. The van der Waals surface area contributed by atoms with Gasteiger partial charge >= 0.3 is 0 Å². The Hall–Kier alpha value is -3.22. The van der Waals surface area contributed by atoms with Gasteiger partial charge in [0.05, 0.1) is 12.5 Å². The number of ether oxygens (including phenoxy) is 1. The molecule has 0 aliphatic heterocycles. The third-order valence-electron chi connectivity index (χ3n) is 5.28. The topological polar surface area (TPSA) is 92.8 Å². The maximum atomic E-state index is 13.2. The zero-order valence-electron chi connectivity index (χ0n) is 15.1. The van der Waals surface area contributed by atoms with Gasteiger partial charge in [-0.2, -0.15) is 5.21 Å². The van der Waals surface area contributed by atoms with Crippen LogP contribution in [0.15, 0.2) is 48.5 Å². The number of carbonyl (C=O) groups excluding carboxylic acids is 1. The van der Waals surface area contributed by atoms with Crippen molar-refractivity contribution in [3.8, 4) is 17.1 Å². The van der Waals surface area contributed by atoms with Crippen molar-refractivity contribution in [2.45, 2.75) is 31.1 Å². The summed E-state index contributed by atoms with van der Waals surface area (Å²) < 4.78 is 5.25. The van der Waals surface area contributed by atoms with E-state index in [0.717, 1.165) is 48.2 Å². The van der Waals surface area contributed by atoms with Gasteiger partial charge in [0, 0.05) is 11.3 Å². The summed E-state index contributed by atoms with van der Waals surface area (Å²) in [7, 11) is 1.64. The Morgan fingerprint density at radius 1 is 1.07 bits per heavy atom. The van der Waals surface area contributed by atoms with Gasteiger partial charge in [-0.05, 0) is 60.0 Å². The number of hydrogen-bond donors (Lipinski definition) is 2. The summed E-state index contributed by atoms with van der Waals surface area (Å²) in [6, 6.07) is 15.3. The van der Waals surface area contributed by atoms with Crippen LogP contribution in [0.2, 0.25) is 0 Å². The lowest BCUT2D eigenvalue weighted by atomic mass is 9.78. The third-order valence-corrected chi connectivity index (χ3v) is 5.28. The van der Waals surface area contributed by atoms with Gasteiger partial charge in [0.2, 0.25) is 11.7 Å². The average molecular weight is 363 g/mol. The highest BCUT2D eigenvalue weighted by Gasteiger charge is 2.42. The Morgan fingerprint density at radius 2 is 1.78 bits per heavy atom. The molecule has 1 amide bonds. The van der Waals surface area contributed by atoms with Crippen LogP contribution in [0.4, 0.5) is 5.69 Å². The lowest BCUT2D eigenvalue weighted by Crippen LogP contribution is -2.37. The first-order valence-corrected chi connectivity index (χ1v) is 9.01. The number of rotatable bonds is 5. The second-order valence-corrected chi connectivity index (χ2v) is 6.78. The van der Waals surface area contributed by atoms with Crippen LogP contribution in [-0.2, 0) is 10.2 Å². The number of H-pyrrole nitrogens is 1. The number of benzene rings is 2. The van der Waals surface area contributed by atoms with Crippen molar-refractivity contribution in [1.29, 1.82) is 0 Å². The first-order chi connectivity index (χ1) is 13.2. The molecule has 3 aromatic rings. The van der Waals surface area contributed by atoms with Crippen LogP contribution in [0.1, 0.15) is 31.2 Å². The fraction of sp³-hybridized carbons (Fsp3) is 0.300. The zero-order chi connectivity index (χ0) is 18.7. The van der Waals surface area contributed by atoms with E-state index in [9.17, 15) is 4.79 Å². The predicted octanol–water partition coefficient (Wildman–Crippen LogP) is 3.33. The number of aromatic nitrogens is 4. The molecule has 1 aliphatic carbocycles. The number of nitrogens with zero attached hydrogens (tertiary/aromatic N) is 3. The highest BCUT2D eigenvalue weighted by molar-refractivity contribution is 5.99. The fourth-order valence-electron chi connectivity index (χ4n) is 3.77. The Bertz CT molecular complexity index is 899. The molecule has 4 rings (SSSR count). The lowest BCUT2D eigenvalue weighted by molar-refractivity contribution is -0.121. The molecular weight excluding hydrogens is 342 g/mol. The third kappa shape index (κ3) is 3.28.